The molecule has 0 aliphatic carbocycles. The van der Waals surface area contributed by atoms with Crippen molar-refractivity contribution < 1.29 is 9.90 Å². The molecule has 0 bridgehead atoms. The normalized spacial score (nSPS) is 25.0. The fourth-order valence-corrected chi connectivity index (χ4v) is 1.89. The van der Waals surface area contributed by atoms with E-state index < -0.39 is 5.97 Å². The molecule has 0 radical (unpaired) electrons. The summed E-state index contributed by atoms with van der Waals surface area (Å²) in [7, 11) is 0. The third-order valence-corrected chi connectivity index (χ3v) is 2.95. The predicted octanol–water partition coefficient (Wildman–Crippen LogP) is 2.10. The van der Waals surface area contributed by atoms with Crippen molar-refractivity contribution in [2.45, 2.75) is 12.8 Å². The maximum Gasteiger partial charge on any atom is 0.307 e. The van der Waals surface area contributed by atoms with Gasteiger partial charge in [0, 0.05) is 23.7 Å². The van der Waals surface area contributed by atoms with Crippen LogP contribution in [-0.2, 0) is 4.79 Å². The minimum atomic E-state index is -0.722. The Balaban J connectivity index is 2.44. The van der Waals surface area contributed by atoms with Crippen LogP contribution in [0.4, 0.5) is 0 Å². The van der Waals surface area contributed by atoms with Crippen LogP contribution in [0.15, 0.2) is 10.6 Å². The van der Waals surface area contributed by atoms with E-state index >= 15 is 0 Å². The summed E-state index contributed by atoms with van der Waals surface area (Å²) in [6.07, 6.45) is 1.66. The van der Waals surface area contributed by atoms with Crippen molar-refractivity contribution in [1.82, 2.24) is 4.90 Å². The maximum atomic E-state index is 10.8. The Morgan fingerprint density at radius 3 is 2.93 bits per heavy atom. The fraction of sp³-hybridized carbons (Fsp3) is 0.667. The van der Waals surface area contributed by atoms with Gasteiger partial charge in [-0.25, -0.2) is 0 Å². The molecule has 0 spiro atoms. The lowest BCUT2D eigenvalue weighted by atomic mass is 9.98. The van der Waals surface area contributed by atoms with Crippen molar-refractivity contribution in [3.8, 4) is 0 Å². The molecule has 5 heteroatoms. The van der Waals surface area contributed by atoms with E-state index in [0.717, 1.165) is 19.4 Å². The van der Waals surface area contributed by atoms with Crippen molar-refractivity contribution in [2.75, 3.05) is 19.6 Å². The molecule has 0 aromatic rings. The number of halogens is 2. The summed E-state index contributed by atoms with van der Waals surface area (Å²) in [5, 5.41) is 9.40. The zero-order valence-corrected chi connectivity index (χ0v) is 9.26. The van der Waals surface area contributed by atoms with Crippen LogP contribution < -0.4 is 0 Å². The van der Waals surface area contributed by atoms with E-state index in [-0.39, 0.29) is 5.92 Å². The zero-order valence-electron chi connectivity index (χ0n) is 7.75. The van der Waals surface area contributed by atoms with Gasteiger partial charge in [-0.3, -0.25) is 9.69 Å². The topological polar surface area (TPSA) is 40.5 Å². The van der Waals surface area contributed by atoms with E-state index in [4.69, 9.17) is 28.3 Å². The van der Waals surface area contributed by atoms with Gasteiger partial charge in [0.25, 0.3) is 0 Å². The first-order valence-corrected chi connectivity index (χ1v) is 5.35. The molecule has 1 saturated heterocycles. The molecule has 1 rings (SSSR count). The van der Waals surface area contributed by atoms with Crippen molar-refractivity contribution in [2.24, 2.45) is 5.92 Å². The molecule has 1 aliphatic heterocycles. The molecular weight excluding hydrogens is 225 g/mol. The summed E-state index contributed by atoms with van der Waals surface area (Å²) in [5.74, 6) is -0.982. The average Bonchev–Trinajstić information content (AvgIpc) is 2.18. The lowest BCUT2D eigenvalue weighted by Crippen LogP contribution is -2.39. The van der Waals surface area contributed by atoms with Crippen LogP contribution in [0.25, 0.3) is 0 Å². The molecule has 80 valence electrons. The highest BCUT2D eigenvalue weighted by molar-refractivity contribution is 6.36. The number of carbonyl (C=O) groups is 1. The van der Waals surface area contributed by atoms with E-state index in [0.29, 0.717) is 18.1 Å². The van der Waals surface area contributed by atoms with E-state index in [1.54, 1.807) is 0 Å². The van der Waals surface area contributed by atoms with Gasteiger partial charge in [0.15, 0.2) is 0 Å². The number of carboxylic acid groups (broad SMARTS) is 1. The Hall–Kier alpha value is -0.250. The van der Waals surface area contributed by atoms with Gasteiger partial charge in [-0.2, -0.15) is 0 Å². The lowest BCUT2D eigenvalue weighted by molar-refractivity contribution is -0.143. The summed E-state index contributed by atoms with van der Waals surface area (Å²) < 4.78 is 0. The Bertz CT molecular complexity index is 243. The summed E-state index contributed by atoms with van der Waals surface area (Å²) in [6, 6.07) is 0. The number of hydrogen-bond donors (Lipinski definition) is 1. The first kappa shape index (κ1) is 11.8. The Labute approximate surface area is 93.3 Å². The number of piperidine rings is 1. The minimum Gasteiger partial charge on any atom is -0.481 e. The number of carboxylic acids is 1. The molecule has 0 aromatic heterocycles. The number of nitrogens with zero attached hydrogens (tertiary/aromatic N) is 1. The second-order valence-electron chi connectivity index (χ2n) is 3.47. The van der Waals surface area contributed by atoms with Gasteiger partial charge < -0.3 is 5.11 Å². The largest absolute Gasteiger partial charge is 0.481 e. The molecule has 1 unspecified atom stereocenters. The Morgan fingerprint density at radius 1 is 1.64 bits per heavy atom. The van der Waals surface area contributed by atoms with Gasteiger partial charge in [-0.15, -0.1) is 0 Å². The quantitative estimate of drug-likeness (QED) is 0.818. The van der Waals surface area contributed by atoms with Gasteiger partial charge >= 0.3 is 5.97 Å². The first-order valence-electron chi connectivity index (χ1n) is 4.53. The second-order valence-corrected chi connectivity index (χ2v) is 4.17. The van der Waals surface area contributed by atoms with Crippen molar-refractivity contribution in [1.29, 1.82) is 0 Å². The molecule has 0 aromatic carbocycles. The Kier molecular flexibility index (Phi) is 4.72. The number of aliphatic carboxylic acids is 1. The van der Waals surface area contributed by atoms with Crippen LogP contribution in [0.5, 0.6) is 0 Å². The van der Waals surface area contributed by atoms with Crippen molar-refractivity contribution >= 4 is 29.2 Å². The van der Waals surface area contributed by atoms with Crippen LogP contribution >= 0.6 is 23.2 Å². The molecule has 3 nitrogen and oxygen atoms in total. The van der Waals surface area contributed by atoms with Gasteiger partial charge in [-0.1, -0.05) is 23.2 Å². The number of rotatable bonds is 3. The minimum absolute atomic E-state index is 0.261. The van der Waals surface area contributed by atoms with Crippen molar-refractivity contribution in [3.05, 3.63) is 10.6 Å². The molecule has 14 heavy (non-hydrogen) atoms. The monoisotopic (exact) mass is 237 g/mol. The highest BCUT2D eigenvalue weighted by atomic mass is 35.5. The summed E-state index contributed by atoms with van der Waals surface area (Å²) >= 11 is 11.2. The van der Waals surface area contributed by atoms with E-state index in [9.17, 15) is 4.79 Å². The van der Waals surface area contributed by atoms with Crippen LogP contribution in [0, 0.1) is 5.92 Å². The lowest BCUT2D eigenvalue weighted by Gasteiger charge is -2.30. The second kappa shape index (κ2) is 5.59. The van der Waals surface area contributed by atoms with Crippen LogP contribution in [0.3, 0.4) is 0 Å². The third-order valence-electron chi connectivity index (χ3n) is 2.35. The summed E-state index contributed by atoms with van der Waals surface area (Å²) in [4.78, 5) is 12.8. The van der Waals surface area contributed by atoms with Gasteiger partial charge in [0.1, 0.15) is 0 Å². The highest BCUT2D eigenvalue weighted by Gasteiger charge is 2.25. The molecular formula is C9H13Cl2NO2. The molecule has 0 saturated carbocycles. The van der Waals surface area contributed by atoms with Gasteiger partial charge in [-0.05, 0) is 19.4 Å². The standard InChI is InChI=1S/C9H13Cl2NO2/c10-4-8(11)6-12-3-1-2-7(5-12)9(13)14/h4,7H,1-3,5-6H2,(H,13,14). The molecule has 1 atom stereocenters. The van der Waals surface area contributed by atoms with Crippen LogP contribution in [-0.4, -0.2) is 35.6 Å². The van der Waals surface area contributed by atoms with Gasteiger partial charge in [0.2, 0.25) is 0 Å². The van der Waals surface area contributed by atoms with E-state index in [1.165, 1.54) is 5.54 Å². The van der Waals surface area contributed by atoms with E-state index in [1.807, 2.05) is 4.90 Å². The van der Waals surface area contributed by atoms with Crippen molar-refractivity contribution in [3.63, 3.8) is 0 Å². The average molecular weight is 238 g/mol. The smallest absolute Gasteiger partial charge is 0.307 e. The predicted molar refractivity (Wildman–Crippen MR) is 56.6 cm³/mol. The van der Waals surface area contributed by atoms with Crippen LogP contribution in [0.2, 0.25) is 0 Å². The SMILES string of the molecule is O=C(O)C1CCCN(CC(Cl)=CCl)C1. The molecule has 0 amide bonds. The Morgan fingerprint density at radius 2 is 2.36 bits per heavy atom. The molecule has 1 fully saturated rings. The highest BCUT2D eigenvalue weighted by Crippen LogP contribution is 2.18. The zero-order chi connectivity index (χ0) is 10.6. The molecule has 1 N–H and O–H groups in total. The fourth-order valence-electron chi connectivity index (χ4n) is 1.65. The summed E-state index contributed by atoms with van der Waals surface area (Å²) in [5.41, 5.74) is 1.33. The first-order chi connectivity index (χ1) is 6.63. The van der Waals surface area contributed by atoms with E-state index in [2.05, 4.69) is 0 Å². The maximum absolute atomic E-state index is 10.8. The number of likely N-dealkylation sites (tertiary alicyclic amines) is 1. The number of hydrogen-bond acceptors (Lipinski definition) is 2. The molecule has 1 heterocycles. The summed E-state index contributed by atoms with van der Waals surface area (Å²) in [6.45, 7) is 2.01. The molecule has 1 aliphatic rings. The third kappa shape index (κ3) is 3.48. The van der Waals surface area contributed by atoms with Crippen LogP contribution in [0.1, 0.15) is 12.8 Å². The van der Waals surface area contributed by atoms with Gasteiger partial charge in [0.05, 0.1) is 5.92 Å².